The molecule has 0 saturated carbocycles. The molecule has 0 radical (unpaired) electrons. The van der Waals surface area contributed by atoms with Gasteiger partial charge >= 0.3 is 0 Å². The summed E-state index contributed by atoms with van der Waals surface area (Å²) in [5.74, 6) is 0.126. The highest BCUT2D eigenvalue weighted by Crippen LogP contribution is 2.24. The highest BCUT2D eigenvalue weighted by atomic mass is 16.5. The van der Waals surface area contributed by atoms with Crippen molar-refractivity contribution < 1.29 is 9.53 Å². The van der Waals surface area contributed by atoms with Crippen LogP contribution in [0.2, 0.25) is 0 Å². The summed E-state index contributed by atoms with van der Waals surface area (Å²) < 4.78 is 5.39. The van der Waals surface area contributed by atoms with Crippen molar-refractivity contribution in [2.45, 2.75) is 27.2 Å². The summed E-state index contributed by atoms with van der Waals surface area (Å²) in [6.45, 7) is 13.9. The van der Waals surface area contributed by atoms with Crippen molar-refractivity contribution >= 4 is 17.3 Å². The fraction of sp³-hybridized carbons (Fsp3) is 0.526. The minimum atomic E-state index is -0.0358. The summed E-state index contributed by atoms with van der Waals surface area (Å²) in [5.41, 5.74) is 3.20. The number of carbonyl (C=O) groups is 1. The molecule has 1 aromatic rings. The number of benzene rings is 1. The molecular formula is C19H28N2O2. The van der Waals surface area contributed by atoms with Gasteiger partial charge in [0.15, 0.2) is 0 Å². The molecule has 1 aliphatic heterocycles. The summed E-state index contributed by atoms with van der Waals surface area (Å²) in [6.07, 6.45) is 0.737. The fourth-order valence-electron chi connectivity index (χ4n) is 3.01. The zero-order chi connectivity index (χ0) is 16.8. The van der Waals surface area contributed by atoms with E-state index in [0.717, 1.165) is 44.0 Å². The van der Waals surface area contributed by atoms with Gasteiger partial charge in [-0.3, -0.25) is 4.79 Å². The first-order valence-corrected chi connectivity index (χ1v) is 8.41. The number of amides is 1. The number of hydrogen-bond acceptors (Lipinski definition) is 3. The number of nitrogens with zero attached hydrogens (tertiary/aromatic N) is 2. The van der Waals surface area contributed by atoms with E-state index in [1.165, 1.54) is 5.69 Å². The fourth-order valence-corrected chi connectivity index (χ4v) is 3.01. The van der Waals surface area contributed by atoms with E-state index >= 15 is 0 Å². The Bertz CT molecular complexity index is 533. The van der Waals surface area contributed by atoms with Crippen molar-refractivity contribution in [3.63, 3.8) is 0 Å². The average Bonchev–Trinajstić information content (AvgIpc) is 2.56. The van der Waals surface area contributed by atoms with Crippen LogP contribution in [-0.4, -0.2) is 38.8 Å². The molecule has 1 fully saturated rings. The Kier molecular flexibility index (Phi) is 6.22. The van der Waals surface area contributed by atoms with Crippen molar-refractivity contribution in [2.75, 3.05) is 42.6 Å². The maximum Gasteiger partial charge on any atom is 0.230 e. The predicted octanol–water partition coefficient (Wildman–Crippen LogP) is 3.48. The summed E-state index contributed by atoms with van der Waals surface area (Å²) >= 11 is 0. The first kappa shape index (κ1) is 17.5. The van der Waals surface area contributed by atoms with Gasteiger partial charge in [-0.15, -0.1) is 6.58 Å². The van der Waals surface area contributed by atoms with Crippen LogP contribution in [0.4, 0.5) is 11.4 Å². The molecule has 23 heavy (non-hydrogen) atoms. The van der Waals surface area contributed by atoms with Crippen LogP contribution in [0.5, 0.6) is 0 Å². The molecule has 126 valence electrons. The molecule has 1 saturated heterocycles. The molecule has 1 unspecified atom stereocenters. The lowest BCUT2D eigenvalue weighted by atomic mass is 10.0. The van der Waals surface area contributed by atoms with Crippen molar-refractivity contribution in [2.24, 2.45) is 5.92 Å². The lowest BCUT2D eigenvalue weighted by molar-refractivity contribution is -0.121. The van der Waals surface area contributed by atoms with Crippen LogP contribution in [-0.2, 0) is 9.53 Å². The maximum absolute atomic E-state index is 12.7. The van der Waals surface area contributed by atoms with Crippen molar-refractivity contribution in [1.82, 2.24) is 0 Å². The van der Waals surface area contributed by atoms with Gasteiger partial charge in [0.2, 0.25) is 5.91 Å². The lowest BCUT2D eigenvalue weighted by Crippen LogP contribution is -2.36. The van der Waals surface area contributed by atoms with Crippen LogP contribution < -0.4 is 9.80 Å². The quantitative estimate of drug-likeness (QED) is 0.753. The normalized spacial score (nSPS) is 16.0. The zero-order valence-corrected chi connectivity index (χ0v) is 14.5. The van der Waals surface area contributed by atoms with Gasteiger partial charge in [0, 0.05) is 36.9 Å². The first-order valence-electron chi connectivity index (χ1n) is 8.41. The van der Waals surface area contributed by atoms with E-state index in [0.29, 0.717) is 6.54 Å². The Morgan fingerprint density at radius 3 is 2.43 bits per heavy atom. The SMILES string of the molecule is C=C(C)CC(C)C(=O)N(CC)c1ccc(N2CCOCC2)cc1. The van der Waals surface area contributed by atoms with Gasteiger partial charge in [-0.05, 0) is 44.5 Å². The van der Waals surface area contributed by atoms with E-state index in [2.05, 4.69) is 23.6 Å². The summed E-state index contributed by atoms with van der Waals surface area (Å²) in [6, 6.07) is 8.28. The van der Waals surface area contributed by atoms with Gasteiger partial charge in [-0.25, -0.2) is 0 Å². The molecule has 1 aliphatic rings. The topological polar surface area (TPSA) is 32.8 Å². The monoisotopic (exact) mass is 316 g/mol. The highest BCUT2D eigenvalue weighted by Gasteiger charge is 2.21. The van der Waals surface area contributed by atoms with E-state index in [1.807, 2.05) is 37.8 Å². The van der Waals surface area contributed by atoms with E-state index in [-0.39, 0.29) is 11.8 Å². The number of ether oxygens (including phenoxy) is 1. The van der Waals surface area contributed by atoms with Crippen LogP contribution in [0.1, 0.15) is 27.2 Å². The molecule has 2 rings (SSSR count). The third-order valence-corrected chi connectivity index (χ3v) is 4.20. The Morgan fingerprint density at radius 2 is 1.91 bits per heavy atom. The third-order valence-electron chi connectivity index (χ3n) is 4.20. The molecule has 1 heterocycles. The Balaban J connectivity index is 2.08. The third kappa shape index (κ3) is 4.58. The zero-order valence-electron chi connectivity index (χ0n) is 14.5. The van der Waals surface area contributed by atoms with Gasteiger partial charge in [0.1, 0.15) is 0 Å². The number of hydrogen-bond donors (Lipinski definition) is 0. The van der Waals surface area contributed by atoms with E-state index < -0.39 is 0 Å². The van der Waals surface area contributed by atoms with Gasteiger partial charge < -0.3 is 14.5 Å². The minimum Gasteiger partial charge on any atom is -0.378 e. The second-order valence-corrected chi connectivity index (χ2v) is 6.26. The molecule has 0 N–H and O–H groups in total. The van der Waals surface area contributed by atoms with E-state index in [4.69, 9.17) is 4.74 Å². The van der Waals surface area contributed by atoms with Crippen LogP contribution >= 0.6 is 0 Å². The van der Waals surface area contributed by atoms with Gasteiger partial charge in [-0.2, -0.15) is 0 Å². The molecule has 0 bridgehead atoms. The van der Waals surface area contributed by atoms with Crippen LogP contribution in [0.25, 0.3) is 0 Å². The summed E-state index contributed by atoms with van der Waals surface area (Å²) in [4.78, 5) is 16.8. The first-order chi connectivity index (χ1) is 11.0. The summed E-state index contributed by atoms with van der Waals surface area (Å²) in [7, 11) is 0. The molecule has 0 aromatic heterocycles. The second kappa shape index (κ2) is 8.16. The van der Waals surface area contributed by atoms with Gasteiger partial charge in [-0.1, -0.05) is 12.5 Å². The molecule has 0 aliphatic carbocycles. The summed E-state index contributed by atoms with van der Waals surface area (Å²) in [5, 5.41) is 0. The second-order valence-electron chi connectivity index (χ2n) is 6.26. The van der Waals surface area contributed by atoms with E-state index in [1.54, 1.807) is 0 Å². The predicted molar refractivity (Wildman–Crippen MR) is 96.1 cm³/mol. The van der Waals surface area contributed by atoms with Gasteiger partial charge in [0.05, 0.1) is 13.2 Å². The van der Waals surface area contributed by atoms with Crippen LogP contribution in [0, 0.1) is 5.92 Å². The average molecular weight is 316 g/mol. The molecule has 4 heteroatoms. The number of carbonyl (C=O) groups excluding carboxylic acids is 1. The smallest absolute Gasteiger partial charge is 0.230 e. The molecule has 0 spiro atoms. The highest BCUT2D eigenvalue weighted by molar-refractivity contribution is 5.95. The number of morpholine rings is 1. The standard InChI is InChI=1S/C19H28N2O2/c1-5-21(19(22)16(4)14-15(2)3)18-8-6-17(7-9-18)20-10-12-23-13-11-20/h6-9,16H,2,5,10-14H2,1,3-4H3. The molecule has 1 amide bonds. The Labute approximate surface area is 139 Å². The Hall–Kier alpha value is -1.81. The molecule has 1 atom stereocenters. The molecular weight excluding hydrogens is 288 g/mol. The lowest BCUT2D eigenvalue weighted by Gasteiger charge is -2.30. The minimum absolute atomic E-state index is 0.0358. The number of rotatable bonds is 6. The Morgan fingerprint density at radius 1 is 1.30 bits per heavy atom. The van der Waals surface area contributed by atoms with Crippen LogP contribution in [0.15, 0.2) is 36.4 Å². The number of anilines is 2. The van der Waals surface area contributed by atoms with Gasteiger partial charge in [0.25, 0.3) is 0 Å². The van der Waals surface area contributed by atoms with Crippen LogP contribution in [0.3, 0.4) is 0 Å². The number of allylic oxidation sites excluding steroid dienone is 1. The van der Waals surface area contributed by atoms with Crippen molar-refractivity contribution in [3.05, 3.63) is 36.4 Å². The molecule has 4 nitrogen and oxygen atoms in total. The largest absolute Gasteiger partial charge is 0.378 e. The van der Waals surface area contributed by atoms with E-state index in [9.17, 15) is 4.79 Å². The van der Waals surface area contributed by atoms with Crippen molar-refractivity contribution in [1.29, 1.82) is 0 Å². The molecule has 1 aromatic carbocycles. The van der Waals surface area contributed by atoms with Crippen molar-refractivity contribution in [3.8, 4) is 0 Å². The maximum atomic E-state index is 12.7.